The molecule has 7 nitrogen and oxygen atoms in total. The van der Waals surface area contributed by atoms with Gasteiger partial charge >= 0.3 is 0 Å². The van der Waals surface area contributed by atoms with Crippen LogP contribution in [0.1, 0.15) is 40.4 Å². The number of nitrogens with zero attached hydrogens (tertiary/aromatic N) is 1. The molecule has 1 fully saturated rings. The number of hydrogen-bond acceptors (Lipinski definition) is 4. The van der Waals surface area contributed by atoms with Gasteiger partial charge in [-0.3, -0.25) is 14.4 Å². The summed E-state index contributed by atoms with van der Waals surface area (Å²) in [7, 11) is 1.53. The summed E-state index contributed by atoms with van der Waals surface area (Å²) >= 11 is 0. The predicted octanol–water partition coefficient (Wildman–Crippen LogP) is 3.47. The Morgan fingerprint density at radius 3 is 2.40 bits per heavy atom. The van der Waals surface area contributed by atoms with Crippen molar-refractivity contribution in [3.8, 4) is 5.75 Å². The number of ether oxygens (including phenoxy) is 1. The molecule has 0 spiro atoms. The van der Waals surface area contributed by atoms with Crippen LogP contribution in [-0.2, 0) is 16.1 Å². The molecule has 7 heteroatoms. The van der Waals surface area contributed by atoms with Crippen molar-refractivity contribution in [1.82, 2.24) is 15.5 Å². The molecule has 1 aliphatic rings. The van der Waals surface area contributed by atoms with Gasteiger partial charge in [0.25, 0.3) is 5.91 Å². The largest absolute Gasteiger partial charge is 0.497 e. The van der Waals surface area contributed by atoms with E-state index >= 15 is 0 Å². The summed E-state index contributed by atoms with van der Waals surface area (Å²) in [5.41, 5.74) is 2.03. The molecule has 1 saturated heterocycles. The maximum atomic E-state index is 13.7. The number of amides is 3. The van der Waals surface area contributed by atoms with Crippen LogP contribution in [0.3, 0.4) is 0 Å². The molecule has 0 bridgehead atoms. The average molecular weight is 472 g/mol. The van der Waals surface area contributed by atoms with Gasteiger partial charge in [0.15, 0.2) is 0 Å². The van der Waals surface area contributed by atoms with Crippen LogP contribution in [0, 0.1) is 0 Å². The first kappa shape index (κ1) is 24.0. The fourth-order valence-electron chi connectivity index (χ4n) is 4.28. The fourth-order valence-corrected chi connectivity index (χ4v) is 4.28. The van der Waals surface area contributed by atoms with Gasteiger partial charge in [-0.2, -0.15) is 0 Å². The fraction of sp³-hybridized carbons (Fsp3) is 0.250. The first-order valence-corrected chi connectivity index (χ1v) is 11.7. The summed E-state index contributed by atoms with van der Waals surface area (Å²) in [6.07, 6.45) is 1.30. The maximum absolute atomic E-state index is 13.7. The highest BCUT2D eigenvalue weighted by Crippen LogP contribution is 2.25. The van der Waals surface area contributed by atoms with Crippen LogP contribution in [0.2, 0.25) is 0 Å². The van der Waals surface area contributed by atoms with Gasteiger partial charge in [0, 0.05) is 18.7 Å². The Labute approximate surface area is 205 Å². The minimum atomic E-state index is -0.919. The zero-order chi connectivity index (χ0) is 24.6. The lowest BCUT2D eigenvalue weighted by Crippen LogP contribution is -2.50. The van der Waals surface area contributed by atoms with E-state index in [9.17, 15) is 14.4 Å². The molecule has 0 saturated carbocycles. The van der Waals surface area contributed by atoms with Crippen molar-refractivity contribution in [1.29, 1.82) is 0 Å². The summed E-state index contributed by atoms with van der Waals surface area (Å²) in [4.78, 5) is 41.4. The first-order chi connectivity index (χ1) is 17.1. The lowest BCUT2D eigenvalue weighted by atomic mass is 10.0. The molecule has 3 aromatic carbocycles. The second-order valence-electron chi connectivity index (χ2n) is 8.44. The molecule has 0 radical (unpaired) electrons. The molecule has 4 rings (SSSR count). The second kappa shape index (κ2) is 11.3. The average Bonchev–Trinajstić information content (AvgIpc) is 3.41. The van der Waals surface area contributed by atoms with Crippen LogP contribution >= 0.6 is 0 Å². The van der Waals surface area contributed by atoms with E-state index in [0.29, 0.717) is 36.4 Å². The highest BCUT2D eigenvalue weighted by molar-refractivity contribution is 5.99. The number of nitrogens with one attached hydrogen (secondary N) is 2. The second-order valence-corrected chi connectivity index (χ2v) is 8.44. The molecule has 2 atom stereocenters. The molecule has 35 heavy (non-hydrogen) atoms. The standard InChI is InChI=1S/C28H29N3O4/c1-35-23-15-8-14-22(18-23)26(32)30-25(21-12-6-3-7-13-21)28(34)31-17-9-16-24(31)27(33)29-19-20-10-4-2-5-11-20/h2-8,10-15,18,24-25H,9,16-17,19H2,1H3,(H,29,33)(H,30,32)/t24-,25-/m0/s1. The molecule has 3 amide bonds. The van der Waals surface area contributed by atoms with Crippen molar-refractivity contribution in [3.05, 3.63) is 102 Å². The number of likely N-dealkylation sites (tertiary alicyclic amines) is 1. The molecule has 180 valence electrons. The highest BCUT2D eigenvalue weighted by Gasteiger charge is 2.38. The molecular weight excluding hydrogens is 442 g/mol. The quantitative estimate of drug-likeness (QED) is 0.527. The van der Waals surface area contributed by atoms with Gasteiger partial charge in [0.2, 0.25) is 11.8 Å². The minimum absolute atomic E-state index is 0.189. The summed E-state index contributed by atoms with van der Waals surface area (Å²) in [6.45, 7) is 0.855. The van der Waals surface area contributed by atoms with Gasteiger partial charge in [0.1, 0.15) is 17.8 Å². The van der Waals surface area contributed by atoms with Gasteiger partial charge in [-0.1, -0.05) is 66.7 Å². The van der Waals surface area contributed by atoms with E-state index in [4.69, 9.17) is 4.74 Å². The third-order valence-corrected chi connectivity index (χ3v) is 6.14. The van der Waals surface area contributed by atoms with E-state index in [1.807, 2.05) is 48.5 Å². The Balaban J connectivity index is 1.52. The maximum Gasteiger partial charge on any atom is 0.252 e. The molecule has 0 aliphatic carbocycles. The minimum Gasteiger partial charge on any atom is -0.497 e. The van der Waals surface area contributed by atoms with E-state index in [1.165, 1.54) is 7.11 Å². The first-order valence-electron chi connectivity index (χ1n) is 11.7. The lowest BCUT2D eigenvalue weighted by Gasteiger charge is -2.29. The zero-order valence-corrected chi connectivity index (χ0v) is 19.6. The van der Waals surface area contributed by atoms with Crippen LogP contribution in [0.25, 0.3) is 0 Å². The summed E-state index contributed by atoms with van der Waals surface area (Å²) in [6, 6.07) is 24.0. The zero-order valence-electron chi connectivity index (χ0n) is 19.6. The van der Waals surface area contributed by atoms with Crippen molar-refractivity contribution in [3.63, 3.8) is 0 Å². The smallest absolute Gasteiger partial charge is 0.252 e. The monoisotopic (exact) mass is 471 g/mol. The number of benzene rings is 3. The molecular formula is C28H29N3O4. The topological polar surface area (TPSA) is 87.7 Å². The SMILES string of the molecule is COc1cccc(C(=O)N[C@H](C(=O)N2CCC[C@H]2C(=O)NCc2ccccc2)c2ccccc2)c1. The molecule has 3 aromatic rings. The molecule has 2 N–H and O–H groups in total. The van der Waals surface area contributed by atoms with Gasteiger partial charge in [-0.05, 0) is 42.2 Å². The van der Waals surface area contributed by atoms with Crippen molar-refractivity contribution in [2.75, 3.05) is 13.7 Å². The normalized spacial score (nSPS) is 15.8. The van der Waals surface area contributed by atoms with Crippen molar-refractivity contribution < 1.29 is 19.1 Å². The Morgan fingerprint density at radius 1 is 0.971 bits per heavy atom. The van der Waals surface area contributed by atoms with Crippen LogP contribution < -0.4 is 15.4 Å². The van der Waals surface area contributed by atoms with Crippen LogP contribution in [0.5, 0.6) is 5.75 Å². The van der Waals surface area contributed by atoms with Crippen LogP contribution in [0.15, 0.2) is 84.9 Å². The Hall–Kier alpha value is -4.13. The number of hydrogen-bond donors (Lipinski definition) is 2. The molecule has 1 aliphatic heterocycles. The number of methoxy groups -OCH3 is 1. The van der Waals surface area contributed by atoms with Crippen molar-refractivity contribution >= 4 is 17.7 Å². The Bertz CT molecular complexity index is 1170. The predicted molar refractivity (Wildman–Crippen MR) is 133 cm³/mol. The van der Waals surface area contributed by atoms with Crippen LogP contribution in [-0.4, -0.2) is 42.3 Å². The molecule has 1 heterocycles. The van der Waals surface area contributed by atoms with E-state index in [-0.39, 0.29) is 11.8 Å². The number of rotatable bonds is 8. The van der Waals surface area contributed by atoms with E-state index in [1.54, 1.807) is 41.3 Å². The van der Waals surface area contributed by atoms with Crippen molar-refractivity contribution in [2.45, 2.75) is 31.5 Å². The van der Waals surface area contributed by atoms with E-state index < -0.39 is 18.0 Å². The van der Waals surface area contributed by atoms with Gasteiger partial charge < -0.3 is 20.3 Å². The third kappa shape index (κ3) is 5.87. The Kier molecular flexibility index (Phi) is 7.77. The van der Waals surface area contributed by atoms with Gasteiger partial charge in [0.05, 0.1) is 7.11 Å². The highest BCUT2D eigenvalue weighted by atomic mass is 16.5. The third-order valence-electron chi connectivity index (χ3n) is 6.14. The van der Waals surface area contributed by atoms with E-state index in [2.05, 4.69) is 10.6 Å². The lowest BCUT2D eigenvalue weighted by molar-refractivity contribution is -0.140. The summed E-state index contributed by atoms with van der Waals surface area (Å²) < 4.78 is 5.22. The molecule has 0 unspecified atom stereocenters. The Morgan fingerprint density at radius 2 is 1.69 bits per heavy atom. The van der Waals surface area contributed by atoms with E-state index in [0.717, 1.165) is 12.0 Å². The van der Waals surface area contributed by atoms with Gasteiger partial charge in [-0.25, -0.2) is 0 Å². The number of carbonyl (C=O) groups excluding carboxylic acids is 3. The van der Waals surface area contributed by atoms with Crippen molar-refractivity contribution in [2.24, 2.45) is 0 Å². The van der Waals surface area contributed by atoms with Crippen LogP contribution in [0.4, 0.5) is 0 Å². The van der Waals surface area contributed by atoms with Gasteiger partial charge in [-0.15, -0.1) is 0 Å². The number of carbonyl (C=O) groups is 3. The summed E-state index contributed by atoms with van der Waals surface area (Å²) in [5.74, 6) is -0.333. The summed E-state index contributed by atoms with van der Waals surface area (Å²) in [5, 5.41) is 5.83. The molecule has 0 aromatic heterocycles.